The lowest BCUT2D eigenvalue weighted by Gasteiger charge is -2.28. The van der Waals surface area contributed by atoms with Gasteiger partial charge in [-0.3, -0.25) is 0 Å². The van der Waals surface area contributed by atoms with Gasteiger partial charge < -0.3 is 4.74 Å². The highest BCUT2D eigenvalue weighted by molar-refractivity contribution is 7.80. The molecule has 1 aliphatic heterocycles. The molecule has 1 heterocycles. The second-order valence-electron chi connectivity index (χ2n) is 4.85. The van der Waals surface area contributed by atoms with Gasteiger partial charge in [0.1, 0.15) is 11.5 Å². The SMILES string of the molecule is Clc1ccc2c(c1)P(c1ccccc1)c1ccccc1O2. The van der Waals surface area contributed by atoms with Crippen molar-refractivity contribution < 1.29 is 4.74 Å². The predicted octanol–water partition coefficient (Wildman–Crippen LogP) is 4.20. The van der Waals surface area contributed by atoms with Crippen molar-refractivity contribution in [1.82, 2.24) is 0 Å². The quantitative estimate of drug-likeness (QED) is 0.479. The first-order chi connectivity index (χ1) is 10.3. The van der Waals surface area contributed by atoms with Gasteiger partial charge in [-0.05, 0) is 37.5 Å². The van der Waals surface area contributed by atoms with Gasteiger partial charge >= 0.3 is 0 Å². The average Bonchev–Trinajstić information content (AvgIpc) is 2.53. The summed E-state index contributed by atoms with van der Waals surface area (Å²) in [6.07, 6.45) is 0. The lowest BCUT2D eigenvalue weighted by atomic mass is 10.3. The molecule has 0 amide bonds. The minimum absolute atomic E-state index is 0.624. The summed E-state index contributed by atoms with van der Waals surface area (Å²) in [6.45, 7) is 0. The van der Waals surface area contributed by atoms with Crippen molar-refractivity contribution >= 4 is 35.4 Å². The molecule has 3 aromatic rings. The lowest BCUT2D eigenvalue weighted by Crippen LogP contribution is -2.26. The van der Waals surface area contributed by atoms with Crippen molar-refractivity contribution in [1.29, 1.82) is 0 Å². The van der Waals surface area contributed by atoms with E-state index in [0.29, 0.717) is 0 Å². The summed E-state index contributed by atoms with van der Waals surface area (Å²) in [6, 6.07) is 24.7. The topological polar surface area (TPSA) is 9.23 Å². The largest absolute Gasteiger partial charge is 0.456 e. The lowest BCUT2D eigenvalue weighted by molar-refractivity contribution is 0.488. The van der Waals surface area contributed by atoms with E-state index in [9.17, 15) is 0 Å². The van der Waals surface area contributed by atoms with E-state index in [0.717, 1.165) is 16.5 Å². The monoisotopic (exact) mass is 310 g/mol. The van der Waals surface area contributed by atoms with Gasteiger partial charge in [0.25, 0.3) is 0 Å². The normalized spacial score (nSPS) is 15.8. The Balaban J connectivity index is 1.98. The summed E-state index contributed by atoms with van der Waals surface area (Å²) < 4.78 is 6.04. The Morgan fingerprint density at radius 1 is 0.714 bits per heavy atom. The molecule has 1 atom stereocenters. The second-order valence-corrected chi connectivity index (χ2v) is 7.44. The number of halogens is 1. The van der Waals surface area contributed by atoms with Crippen molar-refractivity contribution in [2.75, 3.05) is 0 Å². The molecule has 3 heteroatoms. The van der Waals surface area contributed by atoms with Gasteiger partial charge in [-0.15, -0.1) is 0 Å². The van der Waals surface area contributed by atoms with E-state index < -0.39 is 7.92 Å². The molecule has 0 fully saturated rings. The summed E-state index contributed by atoms with van der Waals surface area (Å²) in [7, 11) is -0.624. The van der Waals surface area contributed by atoms with E-state index >= 15 is 0 Å². The molecule has 0 spiro atoms. The van der Waals surface area contributed by atoms with Crippen LogP contribution in [0.2, 0.25) is 5.02 Å². The summed E-state index contributed by atoms with van der Waals surface area (Å²) in [4.78, 5) is 0. The Morgan fingerprint density at radius 2 is 1.43 bits per heavy atom. The fourth-order valence-electron chi connectivity index (χ4n) is 2.58. The number of para-hydroxylation sites is 1. The van der Waals surface area contributed by atoms with E-state index in [1.807, 2.05) is 36.4 Å². The maximum absolute atomic E-state index is 6.21. The van der Waals surface area contributed by atoms with Gasteiger partial charge in [-0.2, -0.15) is 0 Å². The zero-order valence-electron chi connectivity index (χ0n) is 11.2. The molecule has 0 radical (unpaired) electrons. The molecule has 4 rings (SSSR count). The smallest absolute Gasteiger partial charge is 0.135 e. The van der Waals surface area contributed by atoms with Gasteiger partial charge in [0.05, 0.1) is 0 Å². The first-order valence-corrected chi connectivity index (χ1v) is 8.46. The average molecular weight is 311 g/mol. The Bertz CT molecular complexity index is 801. The number of benzene rings is 3. The molecule has 1 aliphatic rings. The van der Waals surface area contributed by atoms with Crippen LogP contribution in [-0.4, -0.2) is 0 Å². The van der Waals surface area contributed by atoms with Crippen LogP contribution in [0.15, 0.2) is 72.8 Å². The molecule has 102 valence electrons. The molecular formula is C18H12ClOP. The maximum Gasteiger partial charge on any atom is 0.135 e. The minimum Gasteiger partial charge on any atom is -0.456 e. The predicted molar refractivity (Wildman–Crippen MR) is 90.2 cm³/mol. The molecule has 0 aromatic heterocycles. The Labute approximate surface area is 129 Å². The van der Waals surface area contributed by atoms with Crippen molar-refractivity contribution in [3.05, 3.63) is 77.8 Å². The van der Waals surface area contributed by atoms with E-state index in [-0.39, 0.29) is 0 Å². The van der Waals surface area contributed by atoms with Crippen molar-refractivity contribution in [2.45, 2.75) is 0 Å². The molecule has 0 saturated heterocycles. The van der Waals surface area contributed by atoms with Crippen LogP contribution in [0.25, 0.3) is 0 Å². The Kier molecular flexibility index (Phi) is 3.18. The van der Waals surface area contributed by atoms with E-state index in [4.69, 9.17) is 16.3 Å². The van der Waals surface area contributed by atoms with E-state index in [1.54, 1.807) is 0 Å². The van der Waals surface area contributed by atoms with Crippen LogP contribution in [0.5, 0.6) is 11.5 Å². The molecule has 3 aromatic carbocycles. The fourth-order valence-corrected chi connectivity index (χ4v) is 5.30. The van der Waals surface area contributed by atoms with Crippen LogP contribution in [0.1, 0.15) is 0 Å². The van der Waals surface area contributed by atoms with Crippen LogP contribution in [-0.2, 0) is 0 Å². The highest BCUT2D eigenvalue weighted by Crippen LogP contribution is 2.44. The third kappa shape index (κ3) is 2.23. The summed E-state index contributed by atoms with van der Waals surface area (Å²) >= 11 is 6.21. The van der Waals surface area contributed by atoms with Gasteiger partial charge in [0.2, 0.25) is 0 Å². The zero-order chi connectivity index (χ0) is 14.2. The van der Waals surface area contributed by atoms with Gasteiger partial charge in [0.15, 0.2) is 0 Å². The minimum atomic E-state index is -0.624. The number of ether oxygens (including phenoxy) is 1. The van der Waals surface area contributed by atoms with Gasteiger partial charge in [-0.1, -0.05) is 60.1 Å². The van der Waals surface area contributed by atoms with Crippen LogP contribution >= 0.6 is 19.5 Å². The van der Waals surface area contributed by atoms with Crippen molar-refractivity contribution in [3.63, 3.8) is 0 Å². The first kappa shape index (κ1) is 12.9. The van der Waals surface area contributed by atoms with Crippen LogP contribution in [0.3, 0.4) is 0 Å². The third-order valence-corrected chi connectivity index (χ3v) is 6.23. The number of hydrogen-bond donors (Lipinski definition) is 0. The van der Waals surface area contributed by atoms with Crippen LogP contribution in [0.4, 0.5) is 0 Å². The fraction of sp³-hybridized carbons (Fsp3) is 0. The summed E-state index contributed by atoms with van der Waals surface area (Å²) in [5, 5.41) is 4.49. The maximum atomic E-state index is 6.21. The number of fused-ring (bicyclic) bond motifs is 2. The molecule has 0 bridgehead atoms. The van der Waals surface area contributed by atoms with Gasteiger partial charge in [0, 0.05) is 15.6 Å². The third-order valence-electron chi connectivity index (χ3n) is 3.50. The van der Waals surface area contributed by atoms with Gasteiger partial charge in [-0.25, -0.2) is 0 Å². The number of rotatable bonds is 1. The number of hydrogen-bond acceptors (Lipinski definition) is 1. The summed E-state index contributed by atoms with van der Waals surface area (Å²) in [5.74, 6) is 1.86. The first-order valence-electron chi connectivity index (χ1n) is 6.74. The van der Waals surface area contributed by atoms with Crippen molar-refractivity contribution in [3.8, 4) is 11.5 Å². The standard InChI is InChI=1S/C18H12ClOP/c19-13-10-11-16-18(12-13)21(14-6-2-1-3-7-14)17-9-5-4-8-15(17)20-16/h1-12H. The van der Waals surface area contributed by atoms with Crippen LogP contribution in [0, 0.1) is 0 Å². The second kappa shape index (κ2) is 5.18. The zero-order valence-corrected chi connectivity index (χ0v) is 12.8. The van der Waals surface area contributed by atoms with E-state index in [1.165, 1.54) is 15.9 Å². The molecular weight excluding hydrogens is 299 g/mol. The van der Waals surface area contributed by atoms with Crippen molar-refractivity contribution in [2.24, 2.45) is 0 Å². The molecule has 0 N–H and O–H groups in total. The summed E-state index contributed by atoms with van der Waals surface area (Å²) in [5.41, 5.74) is 0. The highest BCUT2D eigenvalue weighted by Gasteiger charge is 2.28. The highest BCUT2D eigenvalue weighted by atomic mass is 35.5. The molecule has 1 nitrogen and oxygen atoms in total. The Morgan fingerprint density at radius 3 is 2.29 bits per heavy atom. The molecule has 1 unspecified atom stereocenters. The molecule has 21 heavy (non-hydrogen) atoms. The molecule has 0 aliphatic carbocycles. The van der Waals surface area contributed by atoms with Crippen LogP contribution < -0.4 is 20.7 Å². The Hall–Kier alpha value is -1.82. The van der Waals surface area contributed by atoms with E-state index in [2.05, 4.69) is 36.4 Å². The molecule has 0 saturated carbocycles.